The molecule has 0 fully saturated rings. The molecular weight excluding hydrogens is 164 g/mol. The summed E-state index contributed by atoms with van der Waals surface area (Å²) in [4.78, 5) is 4.19. The lowest BCUT2D eigenvalue weighted by molar-refractivity contribution is 0.268. The SMILES string of the molecule is C[C@H](CCO)NCc1ccccn1. The maximum atomic E-state index is 8.68. The first-order chi connectivity index (χ1) is 6.33. The second-order valence-corrected chi connectivity index (χ2v) is 3.12. The first-order valence-corrected chi connectivity index (χ1v) is 4.57. The molecule has 0 aliphatic rings. The van der Waals surface area contributed by atoms with Crippen molar-refractivity contribution >= 4 is 0 Å². The maximum Gasteiger partial charge on any atom is 0.0541 e. The third-order valence-corrected chi connectivity index (χ3v) is 1.92. The molecule has 1 heterocycles. The molecule has 2 N–H and O–H groups in total. The smallest absolute Gasteiger partial charge is 0.0541 e. The van der Waals surface area contributed by atoms with E-state index in [9.17, 15) is 0 Å². The lowest BCUT2D eigenvalue weighted by Crippen LogP contribution is -2.26. The van der Waals surface area contributed by atoms with Crippen LogP contribution < -0.4 is 5.32 Å². The molecule has 0 bridgehead atoms. The summed E-state index contributed by atoms with van der Waals surface area (Å²) >= 11 is 0. The summed E-state index contributed by atoms with van der Waals surface area (Å²) in [5, 5.41) is 12.0. The molecule has 72 valence electrons. The Morgan fingerprint density at radius 3 is 3.00 bits per heavy atom. The molecular formula is C10H16N2O. The molecule has 1 atom stereocenters. The van der Waals surface area contributed by atoms with Gasteiger partial charge in [0.1, 0.15) is 0 Å². The van der Waals surface area contributed by atoms with Crippen molar-refractivity contribution in [2.24, 2.45) is 0 Å². The number of hydrogen-bond acceptors (Lipinski definition) is 3. The number of nitrogens with zero attached hydrogens (tertiary/aromatic N) is 1. The number of aliphatic hydroxyl groups excluding tert-OH is 1. The van der Waals surface area contributed by atoms with Gasteiger partial charge < -0.3 is 10.4 Å². The van der Waals surface area contributed by atoms with E-state index >= 15 is 0 Å². The van der Waals surface area contributed by atoms with Crippen LogP contribution in [0.2, 0.25) is 0 Å². The van der Waals surface area contributed by atoms with E-state index in [1.54, 1.807) is 6.20 Å². The van der Waals surface area contributed by atoms with E-state index in [4.69, 9.17) is 5.11 Å². The van der Waals surface area contributed by atoms with Gasteiger partial charge in [-0.05, 0) is 25.5 Å². The standard InChI is InChI=1S/C10H16N2O/c1-9(5-7-13)12-8-10-4-2-3-6-11-10/h2-4,6,9,12-13H,5,7-8H2,1H3/t9-/m1/s1. The van der Waals surface area contributed by atoms with Gasteiger partial charge in [-0.2, -0.15) is 0 Å². The lowest BCUT2D eigenvalue weighted by atomic mass is 10.2. The third-order valence-electron chi connectivity index (χ3n) is 1.92. The Balaban J connectivity index is 2.27. The van der Waals surface area contributed by atoms with Crippen molar-refractivity contribution in [2.45, 2.75) is 25.9 Å². The summed E-state index contributed by atoms with van der Waals surface area (Å²) < 4.78 is 0. The first kappa shape index (κ1) is 10.2. The van der Waals surface area contributed by atoms with Gasteiger partial charge in [0.15, 0.2) is 0 Å². The molecule has 0 radical (unpaired) electrons. The highest BCUT2D eigenvalue weighted by Gasteiger charge is 1.99. The molecule has 3 nitrogen and oxygen atoms in total. The Hall–Kier alpha value is -0.930. The highest BCUT2D eigenvalue weighted by molar-refractivity contribution is 5.02. The number of rotatable bonds is 5. The number of aliphatic hydroxyl groups is 1. The van der Waals surface area contributed by atoms with Crippen molar-refractivity contribution < 1.29 is 5.11 Å². The molecule has 13 heavy (non-hydrogen) atoms. The van der Waals surface area contributed by atoms with E-state index in [2.05, 4.69) is 17.2 Å². The van der Waals surface area contributed by atoms with Gasteiger partial charge in [-0.15, -0.1) is 0 Å². The lowest BCUT2D eigenvalue weighted by Gasteiger charge is -2.11. The van der Waals surface area contributed by atoms with Crippen LogP contribution in [0.4, 0.5) is 0 Å². The molecule has 0 unspecified atom stereocenters. The van der Waals surface area contributed by atoms with Crippen LogP contribution in [0.25, 0.3) is 0 Å². The Bertz CT molecular complexity index is 226. The van der Waals surface area contributed by atoms with Gasteiger partial charge in [0.2, 0.25) is 0 Å². The van der Waals surface area contributed by atoms with Crippen molar-refractivity contribution in [3.05, 3.63) is 30.1 Å². The fourth-order valence-corrected chi connectivity index (χ4v) is 1.08. The molecule has 0 spiro atoms. The highest BCUT2D eigenvalue weighted by Crippen LogP contribution is 1.95. The summed E-state index contributed by atoms with van der Waals surface area (Å²) in [6.45, 7) is 3.05. The molecule has 3 heteroatoms. The van der Waals surface area contributed by atoms with Crippen LogP contribution in [-0.2, 0) is 6.54 Å². The molecule has 1 aromatic rings. The van der Waals surface area contributed by atoms with Gasteiger partial charge >= 0.3 is 0 Å². The predicted molar refractivity (Wildman–Crippen MR) is 52.2 cm³/mol. The minimum absolute atomic E-state index is 0.233. The quantitative estimate of drug-likeness (QED) is 0.709. The van der Waals surface area contributed by atoms with E-state index in [1.807, 2.05) is 18.2 Å². The van der Waals surface area contributed by atoms with Gasteiger partial charge in [0.25, 0.3) is 0 Å². The van der Waals surface area contributed by atoms with Crippen LogP contribution >= 0.6 is 0 Å². The molecule has 0 aliphatic heterocycles. The third kappa shape index (κ3) is 4.01. The zero-order valence-electron chi connectivity index (χ0n) is 7.90. The fraction of sp³-hybridized carbons (Fsp3) is 0.500. The topological polar surface area (TPSA) is 45.1 Å². The Labute approximate surface area is 78.8 Å². The fourth-order valence-electron chi connectivity index (χ4n) is 1.08. The Morgan fingerprint density at radius 2 is 2.38 bits per heavy atom. The average Bonchev–Trinajstić information content (AvgIpc) is 2.17. The minimum Gasteiger partial charge on any atom is -0.396 e. The van der Waals surface area contributed by atoms with E-state index in [1.165, 1.54) is 0 Å². The van der Waals surface area contributed by atoms with Gasteiger partial charge in [-0.3, -0.25) is 4.98 Å². The van der Waals surface area contributed by atoms with Crippen molar-refractivity contribution in [2.75, 3.05) is 6.61 Å². The van der Waals surface area contributed by atoms with Crippen molar-refractivity contribution in [3.63, 3.8) is 0 Å². The summed E-state index contributed by atoms with van der Waals surface area (Å²) in [6, 6.07) is 6.20. The number of hydrogen-bond donors (Lipinski definition) is 2. The van der Waals surface area contributed by atoms with Gasteiger partial charge in [0.05, 0.1) is 5.69 Å². The van der Waals surface area contributed by atoms with Gasteiger partial charge in [-0.25, -0.2) is 0 Å². The summed E-state index contributed by atoms with van der Waals surface area (Å²) in [6.07, 6.45) is 2.57. The van der Waals surface area contributed by atoms with Crippen LogP contribution in [0.15, 0.2) is 24.4 Å². The molecule has 0 aliphatic carbocycles. The molecule has 0 saturated heterocycles. The van der Waals surface area contributed by atoms with Crippen LogP contribution in [0.5, 0.6) is 0 Å². The van der Waals surface area contributed by atoms with E-state index in [0.29, 0.717) is 6.04 Å². The van der Waals surface area contributed by atoms with Crippen LogP contribution in [0.1, 0.15) is 19.0 Å². The zero-order chi connectivity index (χ0) is 9.52. The van der Waals surface area contributed by atoms with E-state index in [0.717, 1.165) is 18.7 Å². The zero-order valence-corrected chi connectivity index (χ0v) is 7.90. The summed E-state index contributed by atoms with van der Waals surface area (Å²) in [7, 11) is 0. The molecule has 0 aromatic carbocycles. The maximum absolute atomic E-state index is 8.68. The average molecular weight is 180 g/mol. The molecule has 1 aromatic heterocycles. The molecule has 0 amide bonds. The first-order valence-electron chi connectivity index (χ1n) is 4.57. The minimum atomic E-state index is 0.233. The Morgan fingerprint density at radius 1 is 1.54 bits per heavy atom. The van der Waals surface area contributed by atoms with Gasteiger partial charge in [-0.1, -0.05) is 6.07 Å². The Kier molecular flexibility index (Phi) is 4.43. The van der Waals surface area contributed by atoms with Crippen molar-refractivity contribution in [1.29, 1.82) is 0 Å². The predicted octanol–water partition coefficient (Wildman–Crippen LogP) is 0.942. The van der Waals surface area contributed by atoms with E-state index in [-0.39, 0.29) is 6.61 Å². The number of nitrogens with one attached hydrogen (secondary N) is 1. The highest BCUT2D eigenvalue weighted by atomic mass is 16.3. The van der Waals surface area contributed by atoms with Crippen LogP contribution in [-0.4, -0.2) is 22.7 Å². The van der Waals surface area contributed by atoms with Crippen LogP contribution in [0.3, 0.4) is 0 Å². The summed E-state index contributed by atoms with van der Waals surface area (Å²) in [5.74, 6) is 0. The summed E-state index contributed by atoms with van der Waals surface area (Å²) in [5.41, 5.74) is 1.03. The number of pyridine rings is 1. The molecule has 1 rings (SSSR count). The monoisotopic (exact) mass is 180 g/mol. The second kappa shape index (κ2) is 5.67. The van der Waals surface area contributed by atoms with Crippen molar-refractivity contribution in [1.82, 2.24) is 10.3 Å². The van der Waals surface area contributed by atoms with E-state index < -0.39 is 0 Å². The van der Waals surface area contributed by atoms with Gasteiger partial charge in [0, 0.05) is 25.4 Å². The molecule has 0 saturated carbocycles. The van der Waals surface area contributed by atoms with Crippen molar-refractivity contribution in [3.8, 4) is 0 Å². The van der Waals surface area contributed by atoms with Crippen LogP contribution in [0, 0.1) is 0 Å². The number of aromatic nitrogens is 1. The normalized spacial score (nSPS) is 12.8. The second-order valence-electron chi connectivity index (χ2n) is 3.12. The largest absolute Gasteiger partial charge is 0.396 e.